The molecule has 0 saturated heterocycles. The van der Waals surface area contributed by atoms with Crippen molar-refractivity contribution in [3.63, 3.8) is 0 Å². The number of hydrogen-bond donors (Lipinski definition) is 0. The molecule has 0 bridgehead atoms. The Balaban J connectivity index is 4.34. The standard InChI is InChI=1S/C20H32N2O5/c1-2-3-4-9-14-19(21(24)25)16-11-8-12-17-20(22(26)27)15-10-6-5-7-13-18-23/h8,11,14,17-18H,2-7,9-10,12-13,15-16H2,1H3/b11-8+,19-14-,20-17-. The summed E-state index contributed by atoms with van der Waals surface area (Å²) in [5.41, 5.74) is 0.357. The third-order valence-corrected chi connectivity index (χ3v) is 4.14. The van der Waals surface area contributed by atoms with Crippen molar-refractivity contribution < 1.29 is 14.6 Å². The molecule has 7 heteroatoms. The zero-order valence-corrected chi connectivity index (χ0v) is 16.3. The minimum Gasteiger partial charge on any atom is -0.303 e. The van der Waals surface area contributed by atoms with Gasteiger partial charge >= 0.3 is 0 Å². The summed E-state index contributed by atoms with van der Waals surface area (Å²) >= 11 is 0. The number of rotatable bonds is 17. The second-order valence-electron chi connectivity index (χ2n) is 6.43. The normalized spacial score (nSPS) is 12.5. The fraction of sp³-hybridized carbons (Fsp3) is 0.650. The largest absolute Gasteiger partial charge is 0.303 e. The van der Waals surface area contributed by atoms with E-state index in [-0.39, 0.29) is 27.7 Å². The Labute approximate surface area is 161 Å². The predicted molar refractivity (Wildman–Crippen MR) is 106 cm³/mol. The van der Waals surface area contributed by atoms with Gasteiger partial charge in [0.1, 0.15) is 6.29 Å². The zero-order chi connectivity index (χ0) is 20.3. The molecule has 0 aliphatic carbocycles. The van der Waals surface area contributed by atoms with Crippen LogP contribution in [0.2, 0.25) is 0 Å². The Morgan fingerprint density at radius 1 is 0.815 bits per heavy atom. The lowest BCUT2D eigenvalue weighted by molar-refractivity contribution is -0.428. The summed E-state index contributed by atoms with van der Waals surface area (Å²) in [4.78, 5) is 31.6. The number of carbonyl (C=O) groups is 1. The van der Waals surface area contributed by atoms with Gasteiger partial charge in [-0.3, -0.25) is 20.2 Å². The van der Waals surface area contributed by atoms with Gasteiger partial charge in [-0.05, 0) is 44.3 Å². The highest BCUT2D eigenvalue weighted by molar-refractivity contribution is 5.48. The van der Waals surface area contributed by atoms with Crippen molar-refractivity contribution in [2.45, 2.75) is 84.0 Å². The lowest BCUT2D eigenvalue weighted by Gasteiger charge is -1.99. The SMILES string of the molecule is CCCCC/C=C(/C/C=C/C/C=C(/CCCCCCC=O)[N+](=O)[O-])[N+](=O)[O-]. The van der Waals surface area contributed by atoms with E-state index in [4.69, 9.17) is 0 Å². The molecule has 0 spiro atoms. The molecular formula is C20H32N2O5. The highest BCUT2D eigenvalue weighted by Crippen LogP contribution is 2.13. The summed E-state index contributed by atoms with van der Waals surface area (Å²) < 4.78 is 0. The van der Waals surface area contributed by atoms with E-state index in [1.165, 1.54) is 0 Å². The molecule has 0 amide bonds. The minimum absolute atomic E-state index is 0.177. The molecule has 0 rings (SSSR count). The number of carbonyl (C=O) groups excluding carboxylic acids is 1. The second kappa shape index (κ2) is 17.1. The highest BCUT2D eigenvalue weighted by atomic mass is 16.6. The van der Waals surface area contributed by atoms with E-state index in [0.717, 1.165) is 51.2 Å². The van der Waals surface area contributed by atoms with Crippen LogP contribution in [0.5, 0.6) is 0 Å². The van der Waals surface area contributed by atoms with Crippen molar-refractivity contribution in [2.24, 2.45) is 0 Å². The first-order valence-electron chi connectivity index (χ1n) is 9.78. The molecule has 152 valence electrons. The molecule has 0 heterocycles. The van der Waals surface area contributed by atoms with Gasteiger partial charge in [-0.2, -0.15) is 0 Å². The first-order chi connectivity index (χ1) is 13.0. The van der Waals surface area contributed by atoms with Crippen molar-refractivity contribution in [3.8, 4) is 0 Å². The van der Waals surface area contributed by atoms with Gasteiger partial charge in [0.15, 0.2) is 0 Å². The van der Waals surface area contributed by atoms with Gasteiger partial charge in [0.25, 0.3) is 0 Å². The molecule has 0 atom stereocenters. The first-order valence-corrected chi connectivity index (χ1v) is 9.78. The minimum atomic E-state index is -0.366. The van der Waals surface area contributed by atoms with Crippen molar-refractivity contribution in [1.82, 2.24) is 0 Å². The fourth-order valence-corrected chi connectivity index (χ4v) is 2.56. The first kappa shape index (κ1) is 24.7. The molecule has 0 aromatic carbocycles. The summed E-state index contributed by atoms with van der Waals surface area (Å²) in [6.45, 7) is 2.08. The van der Waals surface area contributed by atoms with Crippen LogP contribution in [-0.4, -0.2) is 16.1 Å². The van der Waals surface area contributed by atoms with Gasteiger partial charge in [-0.25, -0.2) is 0 Å². The summed E-state index contributed by atoms with van der Waals surface area (Å²) in [7, 11) is 0. The number of hydrogen-bond acceptors (Lipinski definition) is 5. The Morgan fingerprint density at radius 3 is 2.11 bits per heavy atom. The van der Waals surface area contributed by atoms with E-state index in [1.807, 2.05) is 0 Å². The monoisotopic (exact) mass is 380 g/mol. The number of allylic oxidation sites excluding steroid dienone is 5. The Morgan fingerprint density at radius 2 is 1.48 bits per heavy atom. The third kappa shape index (κ3) is 14.5. The van der Waals surface area contributed by atoms with Gasteiger partial charge in [0.05, 0.1) is 16.3 Å². The zero-order valence-electron chi connectivity index (χ0n) is 16.3. The van der Waals surface area contributed by atoms with Gasteiger partial charge in [-0.1, -0.05) is 44.8 Å². The summed E-state index contributed by atoms with van der Waals surface area (Å²) in [5, 5.41) is 22.1. The molecule has 27 heavy (non-hydrogen) atoms. The molecule has 0 saturated carbocycles. The molecule has 0 aliphatic heterocycles. The maximum absolute atomic E-state index is 11.1. The lowest BCUT2D eigenvalue weighted by Crippen LogP contribution is -1.99. The molecule has 0 aromatic rings. The predicted octanol–water partition coefficient (Wildman–Crippen LogP) is 5.76. The maximum atomic E-state index is 11.1. The average molecular weight is 380 g/mol. The van der Waals surface area contributed by atoms with Crippen LogP contribution in [0.15, 0.2) is 35.7 Å². The Hall–Kier alpha value is -2.31. The van der Waals surface area contributed by atoms with E-state index in [1.54, 1.807) is 24.3 Å². The van der Waals surface area contributed by atoms with Crippen LogP contribution < -0.4 is 0 Å². The van der Waals surface area contributed by atoms with Crippen molar-refractivity contribution >= 4 is 6.29 Å². The Kier molecular flexibility index (Phi) is 15.7. The van der Waals surface area contributed by atoms with Gasteiger partial charge < -0.3 is 4.79 Å². The van der Waals surface area contributed by atoms with E-state index in [9.17, 15) is 25.0 Å². The third-order valence-electron chi connectivity index (χ3n) is 4.14. The number of nitro groups is 2. The average Bonchev–Trinajstić information content (AvgIpc) is 2.63. The fourth-order valence-electron chi connectivity index (χ4n) is 2.56. The van der Waals surface area contributed by atoms with E-state index in [2.05, 4.69) is 6.92 Å². The van der Waals surface area contributed by atoms with Crippen molar-refractivity contribution in [2.75, 3.05) is 0 Å². The van der Waals surface area contributed by atoms with Crippen molar-refractivity contribution in [3.05, 3.63) is 55.9 Å². The molecule has 0 fully saturated rings. The van der Waals surface area contributed by atoms with E-state index in [0.29, 0.717) is 25.7 Å². The molecule has 0 radical (unpaired) electrons. The summed E-state index contributed by atoms with van der Waals surface area (Å²) in [5.74, 6) is 0. The van der Waals surface area contributed by atoms with Crippen LogP contribution in [0.4, 0.5) is 0 Å². The van der Waals surface area contributed by atoms with Crippen LogP contribution in [0.3, 0.4) is 0 Å². The van der Waals surface area contributed by atoms with Crippen LogP contribution in [0, 0.1) is 20.2 Å². The number of nitrogens with zero attached hydrogens (tertiary/aromatic N) is 2. The molecule has 7 nitrogen and oxygen atoms in total. The van der Waals surface area contributed by atoms with Gasteiger partial charge in [0.2, 0.25) is 11.4 Å². The quantitative estimate of drug-likeness (QED) is 0.105. The van der Waals surface area contributed by atoms with Gasteiger partial charge in [-0.15, -0.1) is 0 Å². The topological polar surface area (TPSA) is 103 Å². The molecule has 0 aromatic heterocycles. The van der Waals surface area contributed by atoms with E-state index < -0.39 is 0 Å². The van der Waals surface area contributed by atoms with Crippen LogP contribution in [-0.2, 0) is 4.79 Å². The summed E-state index contributed by atoms with van der Waals surface area (Å²) in [6, 6.07) is 0. The second-order valence-corrected chi connectivity index (χ2v) is 6.43. The van der Waals surface area contributed by atoms with Crippen LogP contribution >= 0.6 is 0 Å². The Bertz CT molecular complexity index is 538. The van der Waals surface area contributed by atoms with Crippen LogP contribution in [0.1, 0.15) is 84.0 Å². The van der Waals surface area contributed by atoms with E-state index >= 15 is 0 Å². The maximum Gasteiger partial charge on any atom is 0.246 e. The highest BCUT2D eigenvalue weighted by Gasteiger charge is 2.09. The molecule has 0 unspecified atom stereocenters. The number of unbranched alkanes of at least 4 members (excludes halogenated alkanes) is 7. The molecular weight excluding hydrogens is 348 g/mol. The van der Waals surface area contributed by atoms with Crippen molar-refractivity contribution in [1.29, 1.82) is 0 Å². The number of aldehydes is 1. The smallest absolute Gasteiger partial charge is 0.246 e. The molecule has 0 N–H and O–H groups in total. The lowest BCUT2D eigenvalue weighted by atomic mass is 10.1. The van der Waals surface area contributed by atoms with Crippen LogP contribution in [0.25, 0.3) is 0 Å². The van der Waals surface area contributed by atoms with Gasteiger partial charge in [0, 0.05) is 12.8 Å². The summed E-state index contributed by atoms with van der Waals surface area (Å²) in [6.07, 6.45) is 16.2. The molecule has 0 aliphatic rings.